The van der Waals surface area contributed by atoms with Crippen LogP contribution >= 0.6 is 0 Å². The van der Waals surface area contributed by atoms with Gasteiger partial charge in [-0.1, -0.05) is 129 Å². The third kappa shape index (κ3) is 3.46. The van der Waals surface area contributed by atoms with Crippen molar-refractivity contribution < 1.29 is 0 Å². The molecule has 0 spiro atoms. The first-order valence-electron chi connectivity index (χ1n) is 16.5. The molecule has 218 valence electrons. The molecular formula is C45H33N. The van der Waals surface area contributed by atoms with Crippen LogP contribution < -0.4 is 0 Å². The van der Waals surface area contributed by atoms with Gasteiger partial charge < -0.3 is 4.98 Å². The molecular weight excluding hydrogens is 555 g/mol. The quantitative estimate of drug-likeness (QED) is 0.194. The van der Waals surface area contributed by atoms with Crippen LogP contribution in [0.15, 0.2) is 127 Å². The van der Waals surface area contributed by atoms with Gasteiger partial charge in [0.25, 0.3) is 0 Å². The molecule has 0 unspecified atom stereocenters. The molecule has 0 fully saturated rings. The van der Waals surface area contributed by atoms with Gasteiger partial charge in [0.2, 0.25) is 0 Å². The highest BCUT2D eigenvalue weighted by molar-refractivity contribution is 6.22. The Kier molecular flexibility index (Phi) is 5.24. The van der Waals surface area contributed by atoms with Crippen molar-refractivity contribution in [3.63, 3.8) is 0 Å². The third-order valence-electron chi connectivity index (χ3n) is 10.8. The van der Waals surface area contributed by atoms with E-state index in [-0.39, 0.29) is 5.41 Å². The lowest BCUT2D eigenvalue weighted by Gasteiger charge is -2.23. The number of fused-ring (bicyclic) bond motifs is 10. The topological polar surface area (TPSA) is 15.8 Å². The second-order valence-electron chi connectivity index (χ2n) is 13.7. The Hall–Kier alpha value is -5.40. The van der Waals surface area contributed by atoms with Crippen molar-refractivity contribution in [3.05, 3.63) is 150 Å². The average molecular weight is 588 g/mol. The molecule has 1 nitrogen and oxygen atoms in total. The lowest BCUT2D eigenvalue weighted by molar-refractivity contribution is 0.666. The van der Waals surface area contributed by atoms with Gasteiger partial charge in [-0.15, -0.1) is 0 Å². The first kappa shape index (κ1) is 25.9. The van der Waals surface area contributed by atoms with E-state index >= 15 is 0 Å². The van der Waals surface area contributed by atoms with Gasteiger partial charge in [0.1, 0.15) is 0 Å². The van der Waals surface area contributed by atoms with Crippen LogP contribution in [0.2, 0.25) is 0 Å². The molecule has 8 aromatic rings. The van der Waals surface area contributed by atoms with Gasteiger partial charge in [-0.25, -0.2) is 0 Å². The minimum Gasteiger partial charge on any atom is -0.358 e. The average Bonchev–Trinajstić information content (AvgIpc) is 3.58. The van der Waals surface area contributed by atoms with Crippen molar-refractivity contribution in [1.29, 1.82) is 0 Å². The van der Waals surface area contributed by atoms with E-state index in [2.05, 4.69) is 152 Å². The number of aryl methyl sites for hydroxylation is 1. The van der Waals surface area contributed by atoms with Crippen molar-refractivity contribution in [1.82, 2.24) is 4.98 Å². The summed E-state index contributed by atoms with van der Waals surface area (Å²) in [6, 6.07) is 45.7. The summed E-state index contributed by atoms with van der Waals surface area (Å²) in [4.78, 5) is 3.69. The monoisotopic (exact) mass is 587 g/mol. The van der Waals surface area contributed by atoms with E-state index in [1.54, 1.807) is 0 Å². The number of aromatic amines is 1. The second-order valence-corrected chi connectivity index (χ2v) is 13.7. The van der Waals surface area contributed by atoms with Crippen molar-refractivity contribution in [2.45, 2.75) is 32.1 Å². The number of rotatable bonds is 2. The molecule has 0 aliphatic heterocycles. The summed E-state index contributed by atoms with van der Waals surface area (Å²) < 4.78 is 0. The maximum atomic E-state index is 3.69. The molecule has 0 bridgehead atoms. The van der Waals surface area contributed by atoms with Gasteiger partial charge >= 0.3 is 0 Å². The number of hydrogen-bond acceptors (Lipinski definition) is 0. The van der Waals surface area contributed by atoms with E-state index in [1.807, 2.05) is 0 Å². The molecule has 1 heteroatoms. The smallest absolute Gasteiger partial charge is 0.0462 e. The van der Waals surface area contributed by atoms with Crippen LogP contribution in [0.3, 0.4) is 0 Å². The number of benzene rings is 7. The van der Waals surface area contributed by atoms with Gasteiger partial charge in [0, 0.05) is 27.6 Å². The normalized spacial score (nSPS) is 14.7. The highest BCUT2D eigenvalue weighted by Gasteiger charge is 2.36. The molecule has 7 aromatic carbocycles. The summed E-state index contributed by atoms with van der Waals surface area (Å²) in [5, 5.41) is 9.13. The van der Waals surface area contributed by atoms with Crippen LogP contribution in [0, 0.1) is 0 Å². The Bertz CT molecular complexity index is 2550. The fraction of sp³-hybridized carbons (Fsp3) is 0.111. The van der Waals surface area contributed by atoms with Gasteiger partial charge in [-0.05, 0) is 108 Å². The van der Waals surface area contributed by atoms with Crippen molar-refractivity contribution >= 4 is 49.3 Å². The zero-order chi connectivity index (χ0) is 30.6. The Labute approximate surface area is 268 Å². The molecule has 0 amide bonds. The molecule has 0 saturated carbocycles. The number of hydrogen-bond donors (Lipinski definition) is 1. The summed E-state index contributed by atoms with van der Waals surface area (Å²) in [6.45, 7) is 4.75. The maximum absolute atomic E-state index is 3.69. The molecule has 1 heterocycles. The van der Waals surface area contributed by atoms with E-state index < -0.39 is 0 Å². The van der Waals surface area contributed by atoms with E-state index in [1.165, 1.54) is 99.0 Å². The minimum absolute atomic E-state index is 0.0381. The van der Waals surface area contributed by atoms with Crippen LogP contribution in [-0.2, 0) is 11.8 Å². The highest BCUT2D eigenvalue weighted by Crippen LogP contribution is 2.52. The molecule has 2 aliphatic rings. The largest absolute Gasteiger partial charge is 0.358 e. The second kappa shape index (κ2) is 9.31. The Morgan fingerprint density at radius 2 is 1.22 bits per heavy atom. The van der Waals surface area contributed by atoms with Crippen molar-refractivity contribution in [2.24, 2.45) is 0 Å². The van der Waals surface area contributed by atoms with E-state index in [4.69, 9.17) is 0 Å². The number of nitrogens with one attached hydrogen (secondary N) is 1. The van der Waals surface area contributed by atoms with Crippen LogP contribution in [-0.4, -0.2) is 4.98 Å². The number of allylic oxidation sites excluding steroid dienone is 1. The molecule has 10 rings (SSSR count). The summed E-state index contributed by atoms with van der Waals surface area (Å²) >= 11 is 0. The maximum Gasteiger partial charge on any atom is 0.0462 e. The molecule has 0 atom stereocenters. The minimum atomic E-state index is -0.0381. The van der Waals surface area contributed by atoms with Gasteiger partial charge in [-0.3, -0.25) is 0 Å². The summed E-state index contributed by atoms with van der Waals surface area (Å²) in [5.41, 5.74) is 14.6. The number of H-pyrrole nitrogens is 1. The molecule has 0 radical (unpaired) electrons. The lowest BCUT2D eigenvalue weighted by Crippen LogP contribution is -2.15. The highest BCUT2D eigenvalue weighted by atomic mass is 14.7. The summed E-state index contributed by atoms with van der Waals surface area (Å²) in [7, 11) is 0. The van der Waals surface area contributed by atoms with E-state index in [0.29, 0.717) is 0 Å². The van der Waals surface area contributed by atoms with Crippen LogP contribution in [0.4, 0.5) is 0 Å². The zero-order valence-electron chi connectivity index (χ0n) is 26.1. The lowest BCUT2D eigenvalue weighted by atomic mass is 9.79. The van der Waals surface area contributed by atoms with Gasteiger partial charge in [-0.2, -0.15) is 0 Å². The Morgan fingerprint density at radius 1 is 0.565 bits per heavy atom. The predicted molar refractivity (Wildman–Crippen MR) is 197 cm³/mol. The molecule has 46 heavy (non-hydrogen) atoms. The summed E-state index contributed by atoms with van der Waals surface area (Å²) in [6.07, 6.45) is 6.79. The van der Waals surface area contributed by atoms with E-state index in [0.717, 1.165) is 12.8 Å². The first-order valence-corrected chi connectivity index (χ1v) is 16.5. The van der Waals surface area contributed by atoms with Gasteiger partial charge in [0.05, 0.1) is 0 Å². The molecule has 1 N–H and O–H groups in total. The SMILES string of the molecule is CC1(C)c2ccccc2-c2ccc3cc(-c4c5ccccc5c(-c5ccc6[nH]c7c(c6c5)C=CCC7)c5ccccc45)ccc3c21. The standard InChI is InChI=1S/C45H33N/c1-45(2)39-17-9-7-11-31(39)37-23-19-27-25-28(20-22-30(27)44(37)45)42-33-13-3-5-15-35(33)43(36-16-6-4-14-34(36)42)29-21-24-41-38(26-29)32-12-8-10-18-40(32)46-41/h3-9,11-17,19-26,46H,10,18H2,1-2H3. The Balaban J connectivity index is 1.22. The van der Waals surface area contributed by atoms with Crippen LogP contribution in [0.5, 0.6) is 0 Å². The van der Waals surface area contributed by atoms with Gasteiger partial charge in [0.15, 0.2) is 0 Å². The zero-order valence-corrected chi connectivity index (χ0v) is 26.1. The van der Waals surface area contributed by atoms with Crippen LogP contribution in [0.1, 0.15) is 42.7 Å². The van der Waals surface area contributed by atoms with Crippen molar-refractivity contribution in [2.75, 3.05) is 0 Å². The van der Waals surface area contributed by atoms with Crippen LogP contribution in [0.25, 0.3) is 82.7 Å². The van der Waals surface area contributed by atoms with E-state index in [9.17, 15) is 0 Å². The predicted octanol–water partition coefficient (Wildman–Crippen LogP) is 12.2. The first-order chi connectivity index (χ1) is 22.6. The fourth-order valence-corrected chi connectivity index (χ4v) is 8.77. The molecule has 2 aliphatic carbocycles. The molecule has 1 aromatic heterocycles. The summed E-state index contributed by atoms with van der Waals surface area (Å²) in [5.74, 6) is 0. The molecule has 0 saturated heterocycles. The third-order valence-corrected chi connectivity index (χ3v) is 10.8. The van der Waals surface area contributed by atoms with Crippen molar-refractivity contribution in [3.8, 4) is 33.4 Å². The Morgan fingerprint density at radius 3 is 1.96 bits per heavy atom. The fourth-order valence-electron chi connectivity index (χ4n) is 8.77. The number of aromatic nitrogens is 1.